The van der Waals surface area contributed by atoms with Gasteiger partial charge in [0.05, 0.1) is 18.8 Å². The van der Waals surface area contributed by atoms with Crippen molar-refractivity contribution in [3.05, 3.63) is 221 Å². The summed E-state index contributed by atoms with van der Waals surface area (Å²) in [6.07, 6.45) is -0.169. The molecule has 0 radical (unpaired) electrons. The summed E-state index contributed by atoms with van der Waals surface area (Å²) in [5, 5.41) is 15.6. The normalized spacial score (nSPS) is 16.3. The molecule has 0 spiro atoms. The summed E-state index contributed by atoms with van der Waals surface area (Å²) in [5.41, 5.74) is 9.10. The van der Waals surface area contributed by atoms with E-state index in [0.29, 0.717) is 24.4 Å². The number of ether oxygens (including phenoxy) is 3. The number of benzene rings is 7. The van der Waals surface area contributed by atoms with Crippen LogP contribution in [0.2, 0.25) is 0 Å². The molecule has 60 heavy (non-hydrogen) atoms. The zero-order chi connectivity index (χ0) is 40.9. The Kier molecular flexibility index (Phi) is 13.4. The fraction of sp³-hybridized carbons (Fsp3) is 0.173. The van der Waals surface area contributed by atoms with Crippen molar-refractivity contribution in [3.63, 3.8) is 0 Å². The van der Waals surface area contributed by atoms with Crippen LogP contribution in [0.15, 0.2) is 188 Å². The molecule has 0 bridgehead atoms. The summed E-state index contributed by atoms with van der Waals surface area (Å²) < 4.78 is 19.4. The lowest BCUT2D eigenvalue weighted by atomic mass is 9.98. The third-order valence-corrected chi connectivity index (χ3v) is 10.6. The van der Waals surface area contributed by atoms with Gasteiger partial charge in [0.1, 0.15) is 11.5 Å². The van der Waals surface area contributed by atoms with E-state index in [0.717, 1.165) is 58.8 Å². The summed E-state index contributed by atoms with van der Waals surface area (Å²) in [4.78, 5) is 15.3. The predicted octanol–water partition coefficient (Wildman–Crippen LogP) is 11.2. The Bertz CT molecular complexity index is 2350. The SMILES string of the molecule is O=C(NCc1cccc(-c2ccc([C@@H]3O[C@H](CN(Cc4ccccc4)Cc4ccccc4)C[C@H](c4ccc(CO)cc4)O3)cc2)c1)Nc1ccc(Oc2ccccc2)cc1. The Balaban J connectivity index is 0.929. The fourth-order valence-corrected chi connectivity index (χ4v) is 7.47. The van der Waals surface area contributed by atoms with E-state index in [2.05, 4.69) is 125 Å². The molecule has 7 aromatic carbocycles. The van der Waals surface area contributed by atoms with Crippen LogP contribution in [0.5, 0.6) is 11.5 Å². The molecule has 1 fully saturated rings. The van der Waals surface area contributed by atoms with Gasteiger partial charge >= 0.3 is 6.03 Å². The van der Waals surface area contributed by atoms with Crippen LogP contribution >= 0.6 is 0 Å². The number of carbonyl (C=O) groups excluding carboxylic acids is 1. The van der Waals surface area contributed by atoms with Gasteiger partial charge in [0.25, 0.3) is 0 Å². The maximum absolute atomic E-state index is 12.8. The topological polar surface area (TPSA) is 92.3 Å². The van der Waals surface area contributed by atoms with E-state index in [1.54, 1.807) is 0 Å². The monoisotopic (exact) mass is 795 g/mol. The van der Waals surface area contributed by atoms with Crippen molar-refractivity contribution in [2.75, 3.05) is 11.9 Å². The highest BCUT2D eigenvalue weighted by atomic mass is 16.7. The molecule has 2 amide bonds. The highest BCUT2D eigenvalue weighted by Crippen LogP contribution is 2.39. The Morgan fingerprint density at radius 2 is 1.20 bits per heavy atom. The second kappa shape index (κ2) is 19.9. The van der Waals surface area contributed by atoms with E-state index >= 15 is 0 Å². The van der Waals surface area contributed by atoms with Gasteiger partial charge in [0, 0.05) is 43.9 Å². The number of nitrogens with one attached hydrogen (secondary N) is 2. The van der Waals surface area contributed by atoms with Crippen molar-refractivity contribution in [1.29, 1.82) is 0 Å². The van der Waals surface area contributed by atoms with Crippen LogP contribution in [0, 0.1) is 0 Å². The molecular weight excluding hydrogens is 747 g/mol. The molecule has 3 N–H and O–H groups in total. The van der Waals surface area contributed by atoms with Crippen LogP contribution in [-0.2, 0) is 35.7 Å². The van der Waals surface area contributed by atoms with Gasteiger partial charge in [-0.15, -0.1) is 0 Å². The molecule has 1 aliphatic heterocycles. The maximum Gasteiger partial charge on any atom is 0.319 e. The van der Waals surface area contributed by atoms with Gasteiger partial charge in [-0.2, -0.15) is 0 Å². The van der Waals surface area contributed by atoms with Crippen molar-refractivity contribution < 1.29 is 24.1 Å². The average Bonchev–Trinajstić information content (AvgIpc) is 3.30. The highest BCUT2D eigenvalue weighted by Gasteiger charge is 2.33. The fourth-order valence-electron chi connectivity index (χ4n) is 7.47. The smallest absolute Gasteiger partial charge is 0.319 e. The first-order chi connectivity index (χ1) is 29.5. The molecular formula is C52H49N3O5. The largest absolute Gasteiger partial charge is 0.457 e. The lowest BCUT2D eigenvalue weighted by Gasteiger charge is -2.38. The molecule has 8 rings (SSSR count). The van der Waals surface area contributed by atoms with E-state index in [1.165, 1.54) is 11.1 Å². The number of carbonyl (C=O) groups is 1. The summed E-state index contributed by atoms with van der Waals surface area (Å²) in [7, 11) is 0. The van der Waals surface area contributed by atoms with Gasteiger partial charge in [-0.1, -0.05) is 146 Å². The Hall–Kier alpha value is -6.55. The summed E-state index contributed by atoms with van der Waals surface area (Å²) in [5.74, 6) is 1.44. The van der Waals surface area contributed by atoms with Gasteiger partial charge < -0.3 is 30.0 Å². The average molecular weight is 796 g/mol. The Morgan fingerprint density at radius 3 is 1.85 bits per heavy atom. The van der Waals surface area contributed by atoms with E-state index in [9.17, 15) is 9.90 Å². The molecule has 0 saturated carbocycles. The quantitative estimate of drug-likeness (QED) is 0.0957. The van der Waals surface area contributed by atoms with Crippen LogP contribution in [0.1, 0.15) is 52.2 Å². The van der Waals surface area contributed by atoms with Crippen molar-refractivity contribution in [1.82, 2.24) is 10.2 Å². The van der Waals surface area contributed by atoms with Crippen molar-refractivity contribution in [2.45, 2.75) is 51.2 Å². The van der Waals surface area contributed by atoms with E-state index in [1.807, 2.05) is 78.9 Å². The highest BCUT2D eigenvalue weighted by molar-refractivity contribution is 5.89. The van der Waals surface area contributed by atoms with Gasteiger partial charge in [-0.3, -0.25) is 4.90 Å². The number of hydrogen-bond donors (Lipinski definition) is 3. The summed E-state index contributed by atoms with van der Waals surface area (Å²) >= 11 is 0. The first-order valence-electron chi connectivity index (χ1n) is 20.4. The number of aliphatic hydroxyl groups is 1. The van der Waals surface area contributed by atoms with Crippen LogP contribution in [0.4, 0.5) is 10.5 Å². The second-order valence-electron chi connectivity index (χ2n) is 15.1. The number of rotatable bonds is 15. The van der Waals surface area contributed by atoms with Gasteiger partial charge in [0.2, 0.25) is 0 Å². The van der Waals surface area contributed by atoms with Crippen LogP contribution in [0.3, 0.4) is 0 Å². The molecule has 302 valence electrons. The molecule has 0 aliphatic carbocycles. The molecule has 8 nitrogen and oxygen atoms in total. The number of urea groups is 1. The van der Waals surface area contributed by atoms with Crippen LogP contribution in [0.25, 0.3) is 11.1 Å². The lowest BCUT2D eigenvalue weighted by Crippen LogP contribution is -2.39. The van der Waals surface area contributed by atoms with Crippen molar-refractivity contribution in [2.24, 2.45) is 0 Å². The molecule has 1 heterocycles. The molecule has 1 aliphatic rings. The molecule has 0 unspecified atom stereocenters. The number of para-hydroxylation sites is 1. The first-order valence-corrected chi connectivity index (χ1v) is 20.4. The summed E-state index contributed by atoms with van der Waals surface area (Å²) in [6, 6.07) is 62.2. The standard InChI is InChI=1S/C52H49N3O5/c56-37-40-19-21-43(22-20-40)50-32-49(36-55(34-38-11-4-1-5-12-38)35-39-13-6-2-7-14-39)59-51(60-50)44-25-23-42(24-26-44)45-16-10-15-41(31-45)33-53-52(57)54-46-27-29-48(30-28-46)58-47-17-8-3-9-18-47/h1-31,49-51,56H,32-37H2,(H2,53,54,57)/t49-,50+,51+/m0/s1. The lowest BCUT2D eigenvalue weighted by molar-refractivity contribution is -0.253. The number of hydrogen-bond acceptors (Lipinski definition) is 6. The minimum atomic E-state index is -0.572. The van der Waals surface area contributed by atoms with E-state index < -0.39 is 6.29 Å². The third kappa shape index (κ3) is 11.1. The molecule has 0 aromatic heterocycles. The van der Waals surface area contributed by atoms with Crippen molar-refractivity contribution in [3.8, 4) is 22.6 Å². The minimum Gasteiger partial charge on any atom is -0.457 e. The van der Waals surface area contributed by atoms with Gasteiger partial charge in [-0.25, -0.2) is 4.79 Å². The Morgan fingerprint density at radius 1 is 0.600 bits per heavy atom. The molecule has 8 heteroatoms. The maximum atomic E-state index is 12.8. The number of amides is 2. The number of aliphatic hydroxyl groups excluding tert-OH is 1. The van der Waals surface area contributed by atoms with E-state index in [4.69, 9.17) is 14.2 Å². The summed E-state index contributed by atoms with van der Waals surface area (Å²) in [6.45, 7) is 2.68. The minimum absolute atomic E-state index is 0.00317. The first kappa shape index (κ1) is 40.2. The third-order valence-electron chi connectivity index (χ3n) is 10.6. The van der Waals surface area contributed by atoms with Gasteiger partial charge in [0.15, 0.2) is 6.29 Å². The zero-order valence-corrected chi connectivity index (χ0v) is 33.4. The van der Waals surface area contributed by atoms with E-state index in [-0.39, 0.29) is 24.8 Å². The molecule has 1 saturated heterocycles. The molecule has 3 atom stereocenters. The molecule has 7 aromatic rings. The second-order valence-corrected chi connectivity index (χ2v) is 15.1. The number of nitrogens with zero attached hydrogens (tertiary/aromatic N) is 1. The van der Waals surface area contributed by atoms with Crippen molar-refractivity contribution >= 4 is 11.7 Å². The Labute approximate surface area is 352 Å². The van der Waals surface area contributed by atoms with Crippen LogP contribution < -0.4 is 15.4 Å². The zero-order valence-electron chi connectivity index (χ0n) is 33.4. The van der Waals surface area contributed by atoms with Gasteiger partial charge in [-0.05, 0) is 81.4 Å². The predicted molar refractivity (Wildman–Crippen MR) is 236 cm³/mol. The van der Waals surface area contributed by atoms with Crippen LogP contribution in [-0.4, -0.2) is 28.7 Å². The number of anilines is 1.